The molecule has 1 heterocycles. The van der Waals surface area contributed by atoms with Gasteiger partial charge in [0.1, 0.15) is 4.21 Å². The molecule has 0 aliphatic heterocycles. The summed E-state index contributed by atoms with van der Waals surface area (Å²) in [5, 5.41) is 0. The van der Waals surface area contributed by atoms with Gasteiger partial charge >= 0.3 is 0 Å². The quantitative estimate of drug-likeness (QED) is 0.780. The van der Waals surface area contributed by atoms with Crippen LogP contribution in [0.5, 0.6) is 0 Å². The van der Waals surface area contributed by atoms with Gasteiger partial charge in [0.05, 0.1) is 8.77 Å². The maximum absolute atomic E-state index is 12.1. The molecule has 3 N–H and O–H groups in total. The van der Waals surface area contributed by atoms with Crippen LogP contribution < -0.4 is 10.5 Å². The van der Waals surface area contributed by atoms with Gasteiger partial charge in [-0.2, -0.15) is 0 Å². The molecule has 102 valence electrons. The summed E-state index contributed by atoms with van der Waals surface area (Å²) in [5.41, 5.74) is 5.91. The fraction of sp³-hybridized carbons (Fsp3) is 0.500. The Bertz CT molecular complexity index is 544. The van der Waals surface area contributed by atoms with E-state index in [4.69, 9.17) is 18.0 Å². The molecule has 0 saturated heterocycles. The number of thiocarbonyl (C=S) groups is 1. The van der Waals surface area contributed by atoms with E-state index in [2.05, 4.69) is 20.7 Å². The van der Waals surface area contributed by atoms with Crippen LogP contribution in [-0.4, -0.2) is 20.0 Å². The lowest BCUT2D eigenvalue weighted by molar-refractivity contribution is 0.502. The van der Waals surface area contributed by atoms with E-state index in [9.17, 15) is 8.42 Å². The van der Waals surface area contributed by atoms with Crippen molar-refractivity contribution < 1.29 is 8.42 Å². The van der Waals surface area contributed by atoms with Crippen LogP contribution in [0.2, 0.25) is 0 Å². The minimum Gasteiger partial charge on any atom is -0.393 e. The Kier molecular flexibility index (Phi) is 4.93. The van der Waals surface area contributed by atoms with Gasteiger partial charge in [0.2, 0.25) is 10.0 Å². The molecule has 0 amide bonds. The maximum atomic E-state index is 12.1. The summed E-state index contributed by atoms with van der Waals surface area (Å²) >= 11 is 9.39. The van der Waals surface area contributed by atoms with Gasteiger partial charge in [-0.15, -0.1) is 11.3 Å². The van der Waals surface area contributed by atoms with E-state index in [1.807, 2.05) is 6.92 Å². The van der Waals surface area contributed by atoms with E-state index >= 15 is 0 Å². The lowest BCUT2D eigenvalue weighted by Gasteiger charge is -2.22. The Hall–Kier alpha value is -0.0200. The fourth-order valence-electron chi connectivity index (χ4n) is 0.998. The number of halogens is 1. The molecule has 0 aliphatic carbocycles. The molecule has 8 heteroatoms. The average molecular weight is 371 g/mol. The Morgan fingerprint density at radius 3 is 2.56 bits per heavy atom. The van der Waals surface area contributed by atoms with Gasteiger partial charge in [0.15, 0.2) is 0 Å². The first-order valence-corrected chi connectivity index (χ1v) is 8.62. The fourth-order valence-corrected chi connectivity index (χ4v) is 4.55. The molecule has 0 fully saturated rings. The molecule has 1 rings (SSSR count). The molecule has 1 aromatic heterocycles. The lowest BCUT2D eigenvalue weighted by Crippen LogP contribution is -2.41. The molecular formula is C10H15BrN2O2S3. The van der Waals surface area contributed by atoms with E-state index in [0.29, 0.717) is 0 Å². The van der Waals surface area contributed by atoms with Crippen molar-refractivity contribution in [1.29, 1.82) is 0 Å². The lowest BCUT2D eigenvalue weighted by atomic mass is 9.94. The molecule has 18 heavy (non-hydrogen) atoms. The highest BCUT2D eigenvalue weighted by atomic mass is 79.9. The molecule has 1 aromatic rings. The summed E-state index contributed by atoms with van der Waals surface area (Å²) in [4.78, 5) is 0.286. The largest absolute Gasteiger partial charge is 0.393 e. The van der Waals surface area contributed by atoms with Gasteiger partial charge in [-0.25, -0.2) is 13.1 Å². The monoisotopic (exact) mass is 370 g/mol. The number of nitrogens with two attached hydrogens (primary N) is 1. The number of hydrogen-bond acceptors (Lipinski definition) is 4. The van der Waals surface area contributed by atoms with Crippen LogP contribution in [0.25, 0.3) is 0 Å². The van der Waals surface area contributed by atoms with Crippen molar-refractivity contribution >= 4 is 54.5 Å². The van der Waals surface area contributed by atoms with Crippen molar-refractivity contribution in [2.75, 3.05) is 6.54 Å². The number of aryl methyl sites for hydroxylation is 1. The highest BCUT2D eigenvalue weighted by Crippen LogP contribution is 2.30. The standard InChI is InChI=1S/C10H15BrN2O2S3/c1-6-4-7(17-8(6)11)18(14,15)13-5-10(2,3)9(12)16/h4,13H,5H2,1-3H3,(H2,12,16). The number of thiophene rings is 1. The van der Waals surface area contributed by atoms with E-state index in [1.54, 1.807) is 19.9 Å². The van der Waals surface area contributed by atoms with Crippen molar-refractivity contribution in [3.05, 3.63) is 15.4 Å². The molecule has 0 atom stereocenters. The Morgan fingerprint density at radius 1 is 1.61 bits per heavy atom. The Balaban J connectivity index is 2.87. The highest BCUT2D eigenvalue weighted by molar-refractivity contribution is 9.11. The van der Waals surface area contributed by atoms with Crippen molar-refractivity contribution in [3.63, 3.8) is 0 Å². The van der Waals surface area contributed by atoms with Crippen LogP contribution in [0.3, 0.4) is 0 Å². The van der Waals surface area contributed by atoms with E-state index in [1.165, 1.54) is 11.3 Å². The predicted molar refractivity (Wildman–Crippen MR) is 82.5 cm³/mol. The van der Waals surface area contributed by atoms with Gasteiger partial charge in [0, 0.05) is 12.0 Å². The molecule has 0 aliphatic rings. The molecule has 0 unspecified atom stereocenters. The summed E-state index contributed by atoms with van der Waals surface area (Å²) in [7, 11) is -3.51. The minimum atomic E-state index is -3.51. The van der Waals surface area contributed by atoms with E-state index < -0.39 is 15.4 Å². The topological polar surface area (TPSA) is 72.2 Å². The normalized spacial score (nSPS) is 12.7. The van der Waals surface area contributed by atoms with Crippen molar-refractivity contribution in [2.24, 2.45) is 11.1 Å². The highest BCUT2D eigenvalue weighted by Gasteiger charge is 2.26. The van der Waals surface area contributed by atoms with Crippen molar-refractivity contribution in [2.45, 2.75) is 25.0 Å². The molecular weight excluding hydrogens is 356 g/mol. The third kappa shape index (κ3) is 3.74. The van der Waals surface area contributed by atoms with Gasteiger partial charge < -0.3 is 5.73 Å². The molecule has 0 spiro atoms. The van der Waals surface area contributed by atoms with Gasteiger partial charge in [0.25, 0.3) is 0 Å². The Morgan fingerprint density at radius 2 is 2.17 bits per heavy atom. The van der Waals surface area contributed by atoms with Crippen LogP contribution >= 0.6 is 39.5 Å². The molecule has 0 bridgehead atoms. The first-order chi connectivity index (χ1) is 8.06. The second-order valence-corrected chi connectivity index (χ2v) is 9.40. The van der Waals surface area contributed by atoms with E-state index in [-0.39, 0.29) is 15.7 Å². The molecule has 0 saturated carbocycles. The zero-order chi connectivity index (χ0) is 14.1. The van der Waals surface area contributed by atoms with E-state index in [0.717, 1.165) is 9.35 Å². The average Bonchev–Trinajstić information content (AvgIpc) is 2.57. The first-order valence-electron chi connectivity index (χ1n) is 5.12. The zero-order valence-electron chi connectivity index (χ0n) is 10.3. The maximum Gasteiger partial charge on any atom is 0.250 e. The van der Waals surface area contributed by atoms with Crippen LogP contribution in [0.15, 0.2) is 14.1 Å². The Labute approximate surface area is 125 Å². The van der Waals surface area contributed by atoms with Gasteiger partial charge in [-0.3, -0.25) is 0 Å². The molecule has 0 aromatic carbocycles. The summed E-state index contributed by atoms with van der Waals surface area (Å²) in [5.74, 6) is 0. The molecule has 0 radical (unpaired) electrons. The smallest absolute Gasteiger partial charge is 0.250 e. The number of sulfonamides is 1. The summed E-state index contributed by atoms with van der Waals surface area (Å²) in [6.45, 7) is 5.62. The first kappa shape index (κ1) is 16.0. The predicted octanol–water partition coefficient (Wildman–Crippen LogP) is 2.41. The summed E-state index contributed by atoms with van der Waals surface area (Å²) in [6.07, 6.45) is 0. The molecule has 4 nitrogen and oxygen atoms in total. The third-order valence-corrected chi connectivity index (χ3v) is 7.03. The summed E-state index contributed by atoms with van der Waals surface area (Å²) in [6, 6.07) is 1.63. The van der Waals surface area contributed by atoms with Crippen LogP contribution in [-0.2, 0) is 10.0 Å². The number of hydrogen-bond donors (Lipinski definition) is 2. The zero-order valence-corrected chi connectivity index (χ0v) is 14.3. The minimum absolute atomic E-state index is 0.180. The van der Waals surface area contributed by atoms with Crippen LogP contribution in [0.4, 0.5) is 0 Å². The van der Waals surface area contributed by atoms with Gasteiger partial charge in [-0.1, -0.05) is 26.1 Å². The van der Waals surface area contributed by atoms with Crippen molar-refractivity contribution in [3.8, 4) is 0 Å². The summed E-state index contributed by atoms with van der Waals surface area (Å²) < 4.78 is 27.8. The second-order valence-electron chi connectivity index (χ2n) is 4.59. The number of nitrogens with one attached hydrogen (secondary N) is 1. The van der Waals surface area contributed by atoms with Crippen LogP contribution in [0, 0.1) is 12.3 Å². The SMILES string of the molecule is Cc1cc(S(=O)(=O)NCC(C)(C)C(N)=S)sc1Br. The van der Waals surface area contributed by atoms with Crippen LogP contribution in [0.1, 0.15) is 19.4 Å². The van der Waals surface area contributed by atoms with Crippen molar-refractivity contribution in [1.82, 2.24) is 4.72 Å². The second kappa shape index (κ2) is 5.54. The third-order valence-electron chi connectivity index (χ3n) is 2.47. The number of rotatable bonds is 5. The van der Waals surface area contributed by atoms with Gasteiger partial charge in [-0.05, 0) is 34.5 Å².